The Kier molecular flexibility index (Phi) is 5.29. The van der Waals surface area contributed by atoms with E-state index < -0.39 is 10.0 Å². The van der Waals surface area contributed by atoms with Crippen LogP contribution in [0.15, 0.2) is 6.07 Å². The van der Waals surface area contributed by atoms with E-state index in [4.69, 9.17) is 5.14 Å². The summed E-state index contributed by atoms with van der Waals surface area (Å²) in [6.07, 6.45) is 1.18. The van der Waals surface area contributed by atoms with Gasteiger partial charge in [-0.25, -0.2) is 23.5 Å². The van der Waals surface area contributed by atoms with E-state index in [0.717, 1.165) is 18.1 Å². The highest BCUT2D eigenvalue weighted by atomic mass is 32.2. The van der Waals surface area contributed by atoms with Crippen LogP contribution in [0.3, 0.4) is 0 Å². The van der Waals surface area contributed by atoms with E-state index in [9.17, 15) is 8.42 Å². The quantitative estimate of drug-likeness (QED) is 0.611. The number of hydrogen-bond donors (Lipinski definition) is 3. The number of primary sulfonamides is 1. The zero-order valence-electron chi connectivity index (χ0n) is 10.6. The second-order valence-electron chi connectivity index (χ2n) is 3.81. The highest BCUT2D eigenvalue weighted by molar-refractivity contribution is 7.89. The molecule has 0 amide bonds. The number of nitrogens with two attached hydrogens (primary N) is 1. The molecule has 0 radical (unpaired) electrons. The molecule has 1 rings (SSSR count). The number of rotatable bonds is 7. The summed E-state index contributed by atoms with van der Waals surface area (Å²) in [5.41, 5.74) is 0. The smallest absolute Gasteiger partial charge is 0.209 e. The number of sulfonamides is 1. The van der Waals surface area contributed by atoms with Gasteiger partial charge in [0, 0.05) is 26.1 Å². The van der Waals surface area contributed by atoms with Crippen LogP contribution in [0.1, 0.15) is 19.2 Å². The molecule has 1 heterocycles. The van der Waals surface area contributed by atoms with Gasteiger partial charge in [0.15, 0.2) is 0 Å². The Morgan fingerprint density at radius 3 is 2.56 bits per heavy atom. The number of aromatic nitrogens is 2. The minimum atomic E-state index is -3.39. The van der Waals surface area contributed by atoms with Crippen molar-refractivity contribution in [2.45, 2.75) is 19.8 Å². The summed E-state index contributed by atoms with van der Waals surface area (Å²) in [5, 5.41) is 10.9. The Balaban J connectivity index is 2.56. The van der Waals surface area contributed by atoms with Crippen molar-refractivity contribution in [3.8, 4) is 0 Å². The summed E-state index contributed by atoms with van der Waals surface area (Å²) in [4.78, 5) is 8.55. The van der Waals surface area contributed by atoms with E-state index >= 15 is 0 Å². The molecule has 102 valence electrons. The van der Waals surface area contributed by atoms with E-state index in [1.165, 1.54) is 0 Å². The second-order valence-corrected chi connectivity index (χ2v) is 5.54. The summed E-state index contributed by atoms with van der Waals surface area (Å²) in [6, 6.07) is 1.77. The van der Waals surface area contributed by atoms with Crippen molar-refractivity contribution in [3.63, 3.8) is 0 Å². The molecule has 7 nitrogen and oxygen atoms in total. The van der Waals surface area contributed by atoms with Gasteiger partial charge >= 0.3 is 0 Å². The molecule has 0 aliphatic heterocycles. The molecule has 0 fully saturated rings. The first-order valence-corrected chi connectivity index (χ1v) is 7.46. The van der Waals surface area contributed by atoms with Gasteiger partial charge in [-0.2, -0.15) is 0 Å². The maximum atomic E-state index is 10.8. The van der Waals surface area contributed by atoms with Gasteiger partial charge in [0.1, 0.15) is 17.5 Å². The molecule has 0 bridgehead atoms. The van der Waals surface area contributed by atoms with Crippen molar-refractivity contribution in [1.82, 2.24) is 9.97 Å². The van der Waals surface area contributed by atoms with Crippen molar-refractivity contribution in [2.24, 2.45) is 5.14 Å². The Labute approximate surface area is 107 Å². The van der Waals surface area contributed by atoms with Crippen LogP contribution in [0.2, 0.25) is 0 Å². The number of nitrogens with one attached hydrogen (secondary N) is 2. The minimum absolute atomic E-state index is 0.0371. The lowest BCUT2D eigenvalue weighted by molar-refractivity contribution is 0.595. The Hall–Kier alpha value is -1.41. The average Bonchev–Trinajstić information content (AvgIpc) is 2.33. The summed E-state index contributed by atoms with van der Waals surface area (Å²) in [6.45, 7) is 2.47. The molecule has 1 aromatic heterocycles. The number of aryl methyl sites for hydroxylation is 1. The maximum absolute atomic E-state index is 10.8. The maximum Gasteiger partial charge on any atom is 0.209 e. The third kappa shape index (κ3) is 5.28. The fraction of sp³-hybridized carbons (Fsp3) is 0.600. The van der Waals surface area contributed by atoms with Crippen LogP contribution in [0.4, 0.5) is 11.6 Å². The van der Waals surface area contributed by atoms with E-state index in [0.29, 0.717) is 18.8 Å². The normalized spacial score (nSPS) is 11.3. The monoisotopic (exact) mass is 273 g/mol. The van der Waals surface area contributed by atoms with Crippen LogP contribution in [-0.4, -0.2) is 37.7 Å². The Bertz CT molecular complexity index is 467. The average molecular weight is 273 g/mol. The molecular weight excluding hydrogens is 254 g/mol. The molecule has 0 unspecified atom stereocenters. The third-order valence-corrected chi connectivity index (χ3v) is 3.11. The van der Waals surface area contributed by atoms with Gasteiger partial charge < -0.3 is 10.6 Å². The van der Waals surface area contributed by atoms with Crippen LogP contribution >= 0.6 is 0 Å². The minimum Gasteiger partial charge on any atom is -0.373 e. The van der Waals surface area contributed by atoms with E-state index in [1.807, 2.05) is 6.92 Å². The largest absolute Gasteiger partial charge is 0.373 e. The van der Waals surface area contributed by atoms with Crippen molar-refractivity contribution >= 4 is 21.7 Å². The lowest BCUT2D eigenvalue weighted by atomic mass is 10.4. The summed E-state index contributed by atoms with van der Waals surface area (Å²) < 4.78 is 21.5. The molecule has 0 atom stereocenters. The molecule has 0 saturated carbocycles. The molecule has 18 heavy (non-hydrogen) atoms. The molecule has 0 saturated heterocycles. The summed E-state index contributed by atoms with van der Waals surface area (Å²) in [5.74, 6) is 2.11. The van der Waals surface area contributed by atoms with Crippen molar-refractivity contribution in [3.05, 3.63) is 11.9 Å². The van der Waals surface area contributed by atoms with Gasteiger partial charge in [0.2, 0.25) is 10.0 Å². The van der Waals surface area contributed by atoms with Crippen molar-refractivity contribution in [1.29, 1.82) is 0 Å². The fourth-order valence-corrected chi connectivity index (χ4v) is 1.91. The molecule has 0 aliphatic carbocycles. The zero-order valence-corrected chi connectivity index (χ0v) is 11.4. The highest BCUT2D eigenvalue weighted by Crippen LogP contribution is 2.11. The van der Waals surface area contributed by atoms with Crippen LogP contribution in [0.25, 0.3) is 0 Å². The topological polar surface area (TPSA) is 110 Å². The summed E-state index contributed by atoms with van der Waals surface area (Å²) >= 11 is 0. The first-order chi connectivity index (χ1) is 8.44. The second kappa shape index (κ2) is 6.50. The van der Waals surface area contributed by atoms with Crippen LogP contribution < -0.4 is 15.8 Å². The molecule has 4 N–H and O–H groups in total. The van der Waals surface area contributed by atoms with Gasteiger partial charge in [-0.3, -0.25) is 0 Å². The van der Waals surface area contributed by atoms with Crippen LogP contribution in [0, 0.1) is 0 Å². The van der Waals surface area contributed by atoms with Crippen LogP contribution in [0.5, 0.6) is 0 Å². The zero-order chi connectivity index (χ0) is 13.6. The molecular formula is C10H19N5O2S. The van der Waals surface area contributed by atoms with Gasteiger partial charge in [0.05, 0.1) is 5.75 Å². The highest BCUT2D eigenvalue weighted by Gasteiger charge is 2.04. The lowest BCUT2D eigenvalue weighted by Gasteiger charge is -2.08. The number of nitrogens with zero attached hydrogens (tertiary/aromatic N) is 2. The molecule has 0 spiro atoms. The fourth-order valence-electron chi connectivity index (χ4n) is 1.36. The molecule has 8 heteroatoms. The van der Waals surface area contributed by atoms with Crippen LogP contribution in [-0.2, 0) is 16.4 Å². The van der Waals surface area contributed by atoms with Gasteiger partial charge in [-0.15, -0.1) is 0 Å². The SMILES string of the molecule is CCc1nc(NC)cc(NCCCS(N)(=O)=O)n1. The molecule has 0 aliphatic rings. The Morgan fingerprint density at radius 2 is 2.00 bits per heavy atom. The predicted molar refractivity (Wildman–Crippen MR) is 72.0 cm³/mol. The van der Waals surface area contributed by atoms with E-state index in [-0.39, 0.29) is 5.75 Å². The number of anilines is 2. The van der Waals surface area contributed by atoms with Gasteiger partial charge in [0.25, 0.3) is 0 Å². The third-order valence-electron chi connectivity index (χ3n) is 2.26. The Morgan fingerprint density at radius 1 is 1.33 bits per heavy atom. The summed E-state index contributed by atoms with van der Waals surface area (Å²) in [7, 11) is -1.61. The first-order valence-electron chi connectivity index (χ1n) is 5.74. The van der Waals surface area contributed by atoms with Crippen molar-refractivity contribution in [2.75, 3.05) is 30.0 Å². The predicted octanol–water partition coefficient (Wildman–Crippen LogP) is 0.171. The molecule has 0 aromatic carbocycles. The standard InChI is InChI=1S/C10H19N5O2S/c1-3-8-14-9(12-2)7-10(15-8)13-5-4-6-18(11,16)17/h7H,3-6H2,1-2H3,(H2,11,16,17)(H2,12,13,14,15). The van der Waals surface area contributed by atoms with E-state index in [2.05, 4.69) is 20.6 Å². The van der Waals surface area contributed by atoms with Gasteiger partial charge in [-0.05, 0) is 6.42 Å². The first kappa shape index (κ1) is 14.7. The van der Waals surface area contributed by atoms with E-state index in [1.54, 1.807) is 13.1 Å². The number of hydrogen-bond acceptors (Lipinski definition) is 6. The van der Waals surface area contributed by atoms with Crippen molar-refractivity contribution < 1.29 is 8.42 Å². The lowest BCUT2D eigenvalue weighted by Crippen LogP contribution is -2.19. The van der Waals surface area contributed by atoms with Gasteiger partial charge in [-0.1, -0.05) is 6.92 Å². The molecule has 1 aromatic rings.